The van der Waals surface area contributed by atoms with Crippen LogP contribution in [0.2, 0.25) is 5.02 Å². The standard InChI is InChI=1S/C43H45ClF3N4O6PS2/c1-2-57-58(54,37-20-21-40(41(28-37)60(55,56)43(45,46)47)48-35(22-27-52)30-59-38-9-4-3-5-10-38)49-42(53)32-14-18-36(19-15-32)51-25-23-50(24-26-51)29-33-8-6-7-11-39(33)31-12-16-34(44)17-13-31/h3-21,28,35,48,52H,2,22-27,29-30H2,1H3,(H,49,53,54)/t35-,58?/m1/s1. The highest BCUT2D eigenvalue weighted by Crippen LogP contribution is 2.44. The number of piperazine rings is 1. The number of carbonyl (C=O) groups is 1. The van der Waals surface area contributed by atoms with Crippen molar-refractivity contribution in [3.05, 3.63) is 137 Å². The Morgan fingerprint density at radius 1 is 0.917 bits per heavy atom. The highest BCUT2D eigenvalue weighted by atomic mass is 35.5. The first-order chi connectivity index (χ1) is 28.7. The molecule has 0 radical (unpaired) electrons. The van der Waals surface area contributed by atoms with Crippen LogP contribution in [0.4, 0.5) is 24.5 Å². The highest BCUT2D eigenvalue weighted by molar-refractivity contribution is 7.99. The Bertz CT molecular complexity index is 2390. The summed E-state index contributed by atoms with van der Waals surface area (Å²) in [4.78, 5) is 17.8. The Hall–Kier alpha value is -4.34. The predicted octanol–water partition coefficient (Wildman–Crippen LogP) is 8.86. The Kier molecular flexibility index (Phi) is 15.1. The zero-order valence-electron chi connectivity index (χ0n) is 32.6. The molecule has 1 unspecified atom stereocenters. The third kappa shape index (κ3) is 11.1. The monoisotopic (exact) mass is 900 g/mol. The van der Waals surface area contributed by atoms with Gasteiger partial charge in [-0.2, -0.15) is 13.2 Å². The fraction of sp³-hybridized carbons (Fsp3) is 0.279. The van der Waals surface area contributed by atoms with E-state index in [-0.39, 0.29) is 31.0 Å². The molecular weight excluding hydrogens is 856 g/mol. The lowest BCUT2D eigenvalue weighted by Gasteiger charge is -2.36. The molecule has 0 aliphatic carbocycles. The smallest absolute Gasteiger partial charge is 0.396 e. The maximum atomic E-state index is 14.3. The van der Waals surface area contributed by atoms with E-state index in [2.05, 4.69) is 32.3 Å². The molecule has 0 saturated carbocycles. The molecule has 2 atom stereocenters. The van der Waals surface area contributed by atoms with Crippen LogP contribution in [0.25, 0.3) is 11.1 Å². The van der Waals surface area contributed by atoms with E-state index >= 15 is 0 Å². The lowest BCUT2D eigenvalue weighted by Crippen LogP contribution is -2.46. The number of anilines is 2. The number of hydrogen-bond acceptors (Lipinski definition) is 10. The van der Waals surface area contributed by atoms with Crippen LogP contribution in [0.5, 0.6) is 0 Å². The lowest BCUT2D eigenvalue weighted by atomic mass is 9.99. The van der Waals surface area contributed by atoms with Crippen molar-refractivity contribution in [3.63, 3.8) is 0 Å². The Morgan fingerprint density at radius 2 is 1.58 bits per heavy atom. The topological polar surface area (TPSA) is 128 Å². The molecule has 60 heavy (non-hydrogen) atoms. The van der Waals surface area contributed by atoms with Gasteiger partial charge in [0.1, 0.15) is 4.90 Å². The summed E-state index contributed by atoms with van der Waals surface area (Å²) in [5.41, 5.74) is -1.68. The van der Waals surface area contributed by atoms with Gasteiger partial charge >= 0.3 is 13.0 Å². The maximum Gasteiger partial charge on any atom is 0.501 e. The van der Waals surface area contributed by atoms with Crippen molar-refractivity contribution in [2.24, 2.45) is 0 Å². The first-order valence-corrected chi connectivity index (χ1v) is 23.7. The van der Waals surface area contributed by atoms with Crippen LogP contribution < -0.4 is 20.6 Å². The van der Waals surface area contributed by atoms with Gasteiger partial charge in [-0.3, -0.25) is 19.3 Å². The molecule has 0 bridgehead atoms. The molecule has 6 rings (SSSR count). The fourth-order valence-corrected chi connectivity index (χ4v) is 10.6. The lowest BCUT2D eigenvalue weighted by molar-refractivity contribution is -0.0435. The van der Waals surface area contributed by atoms with Crippen molar-refractivity contribution >= 4 is 63.3 Å². The van der Waals surface area contributed by atoms with Gasteiger partial charge in [0.2, 0.25) is 0 Å². The Labute approximate surface area is 357 Å². The molecule has 17 heteroatoms. The van der Waals surface area contributed by atoms with Crippen LogP contribution in [0, 0.1) is 0 Å². The third-order valence-corrected chi connectivity index (χ3v) is 15.0. The molecule has 3 N–H and O–H groups in total. The number of aliphatic hydroxyl groups excluding tert-OH is 1. The van der Waals surface area contributed by atoms with Crippen molar-refractivity contribution in [3.8, 4) is 11.1 Å². The van der Waals surface area contributed by atoms with Gasteiger partial charge in [-0.25, -0.2) is 8.42 Å². The van der Waals surface area contributed by atoms with Gasteiger partial charge in [0.05, 0.1) is 17.6 Å². The van der Waals surface area contributed by atoms with Crippen molar-refractivity contribution in [1.29, 1.82) is 0 Å². The van der Waals surface area contributed by atoms with E-state index in [9.17, 15) is 36.1 Å². The number of carbonyl (C=O) groups excluding carboxylic acids is 1. The summed E-state index contributed by atoms with van der Waals surface area (Å²) < 4.78 is 88.0. The minimum Gasteiger partial charge on any atom is -0.396 e. The fourth-order valence-electron chi connectivity index (χ4n) is 6.80. The zero-order chi connectivity index (χ0) is 42.9. The second kappa shape index (κ2) is 20.0. The first kappa shape index (κ1) is 45.2. The van der Waals surface area contributed by atoms with E-state index in [4.69, 9.17) is 16.1 Å². The molecule has 1 fully saturated rings. The number of sulfone groups is 1. The molecule has 1 saturated heterocycles. The van der Waals surface area contributed by atoms with E-state index in [1.54, 1.807) is 24.3 Å². The number of nitrogens with one attached hydrogen (secondary N) is 2. The van der Waals surface area contributed by atoms with Gasteiger partial charge in [-0.05, 0) is 96.8 Å². The van der Waals surface area contributed by atoms with Crippen LogP contribution >= 0.6 is 30.9 Å². The summed E-state index contributed by atoms with van der Waals surface area (Å²) in [6.45, 7) is 4.77. The molecule has 10 nitrogen and oxygen atoms in total. The second-order valence-electron chi connectivity index (χ2n) is 14.0. The van der Waals surface area contributed by atoms with Gasteiger partial charge < -0.3 is 19.8 Å². The van der Waals surface area contributed by atoms with Crippen LogP contribution in [-0.4, -0.2) is 81.0 Å². The highest BCUT2D eigenvalue weighted by Gasteiger charge is 2.49. The number of amides is 1. The molecule has 5 aromatic carbocycles. The molecule has 1 aliphatic heterocycles. The average molecular weight is 901 g/mol. The van der Waals surface area contributed by atoms with Crippen LogP contribution in [0.3, 0.4) is 0 Å². The largest absolute Gasteiger partial charge is 0.501 e. The van der Waals surface area contributed by atoms with Crippen molar-refractivity contribution in [2.45, 2.75) is 41.2 Å². The summed E-state index contributed by atoms with van der Waals surface area (Å²) in [5, 5.41) is 15.1. The van der Waals surface area contributed by atoms with Gasteiger partial charge in [0, 0.05) is 72.3 Å². The molecule has 0 aromatic heterocycles. The third-order valence-electron chi connectivity index (χ3n) is 9.92. The number of alkyl halides is 3. The SMILES string of the molecule is CCOP(=O)(NC(=O)c1ccc(N2CCN(Cc3ccccc3-c3ccc(Cl)cc3)CC2)cc1)c1ccc(N[C@H](CCO)CSc2ccccc2)c(S(=O)(=O)C(F)(F)F)c1. The number of halogens is 4. The summed E-state index contributed by atoms with van der Waals surface area (Å²) in [6, 6.07) is 34.1. The minimum atomic E-state index is -6.00. The number of aliphatic hydroxyl groups is 1. The van der Waals surface area contributed by atoms with E-state index in [0.717, 1.165) is 66.6 Å². The molecule has 0 spiro atoms. The van der Waals surface area contributed by atoms with E-state index in [0.29, 0.717) is 11.1 Å². The zero-order valence-corrected chi connectivity index (χ0v) is 35.9. The van der Waals surface area contributed by atoms with Gasteiger partial charge in [0.25, 0.3) is 15.7 Å². The van der Waals surface area contributed by atoms with Crippen LogP contribution in [0.15, 0.2) is 131 Å². The van der Waals surface area contributed by atoms with Gasteiger partial charge in [-0.1, -0.05) is 66.2 Å². The molecule has 1 aliphatic rings. The Morgan fingerprint density at radius 3 is 2.23 bits per heavy atom. The summed E-state index contributed by atoms with van der Waals surface area (Å²) in [7, 11) is -10.5. The molecular formula is C43H45ClF3N4O6PS2. The van der Waals surface area contributed by atoms with E-state index < -0.39 is 50.7 Å². The normalized spacial score (nSPS) is 15.3. The Balaban J connectivity index is 1.15. The van der Waals surface area contributed by atoms with Crippen LogP contribution in [0.1, 0.15) is 29.3 Å². The number of thioether (sulfide) groups is 1. The first-order valence-electron chi connectivity index (χ1n) is 19.2. The molecule has 1 amide bonds. The predicted molar refractivity (Wildman–Crippen MR) is 233 cm³/mol. The summed E-state index contributed by atoms with van der Waals surface area (Å²) in [5.74, 6) is -0.549. The van der Waals surface area contributed by atoms with Gasteiger partial charge in [0.15, 0.2) is 0 Å². The van der Waals surface area contributed by atoms with Gasteiger partial charge in [-0.15, -0.1) is 11.8 Å². The minimum absolute atomic E-state index is 0.0937. The number of hydrogen-bond donors (Lipinski definition) is 3. The second-order valence-corrected chi connectivity index (χ2v) is 19.5. The molecule has 1 heterocycles. The van der Waals surface area contributed by atoms with Crippen molar-refractivity contribution in [2.75, 3.05) is 55.4 Å². The maximum absolute atomic E-state index is 14.3. The van der Waals surface area contributed by atoms with Crippen molar-refractivity contribution in [1.82, 2.24) is 9.99 Å². The van der Waals surface area contributed by atoms with E-state index in [1.165, 1.54) is 24.2 Å². The molecule has 5 aromatic rings. The molecule has 318 valence electrons. The quantitative estimate of drug-likeness (QED) is 0.0616. The number of rotatable bonds is 17. The summed E-state index contributed by atoms with van der Waals surface area (Å²) in [6.07, 6.45) is 0.0937. The summed E-state index contributed by atoms with van der Waals surface area (Å²) >= 11 is 7.48. The van der Waals surface area contributed by atoms with Crippen molar-refractivity contribution < 1.29 is 40.6 Å². The van der Waals surface area contributed by atoms with Crippen LogP contribution in [-0.2, 0) is 25.5 Å². The average Bonchev–Trinajstić information content (AvgIpc) is 3.24. The number of nitrogens with zero attached hydrogens (tertiary/aromatic N) is 2. The van der Waals surface area contributed by atoms with E-state index in [1.807, 2.05) is 66.7 Å². The number of benzene rings is 5.